The number of aliphatic hydroxyl groups is 1. The Morgan fingerprint density at radius 3 is 2.39 bits per heavy atom. The maximum Gasteiger partial charge on any atom is 0.424 e. The van der Waals surface area contributed by atoms with Crippen LogP contribution in [0.1, 0.15) is 17.0 Å². The van der Waals surface area contributed by atoms with Gasteiger partial charge in [0.25, 0.3) is 0 Å². The lowest BCUT2D eigenvalue weighted by Gasteiger charge is -2.29. The van der Waals surface area contributed by atoms with E-state index in [0.29, 0.717) is 27.1 Å². The molecule has 1 amide bonds. The summed E-state index contributed by atoms with van der Waals surface area (Å²) in [5.74, 6) is -0.841. The van der Waals surface area contributed by atoms with Gasteiger partial charge in [-0.15, -0.1) is 11.3 Å². The van der Waals surface area contributed by atoms with Crippen molar-refractivity contribution >= 4 is 27.5 Å². The number of carbonyl (C=O) groups excluding carboxylic acids is 1. The fourth-order valence-electron chi connectivity index (χ4n) is 2.66. The first kappa shape index (κ1) is 20.1. The van der Waals surface area contributed by atoms with Crippen LogP contribution in [0.5, 0.6) is 5.75 Å². The maximum absolute atomic E-state index is 13.7. The highest BCUT2D eigenvalue weighted by Crippen LogP contribution is 2.44. The number of fused-ring (bicyclic) bond motifs is 1. The molecule has 0 radical (unpaired) electrons. The first-order valence-electron chi connectivity index (χ1n) is 8.27. The highest BCUT2D eigenvalue weighted by atomic mass is 32.1. The lowest BCUT2D eigenvalue weighted by atomic mass is 9.98. The van der Waals surface area contributed by atoms with E-state index in [1.807, 2.05) is 0 Å². The molecule has 0 bridgehead atoms. The van der Waals surface area contributed by atoms with Crippen LogP contribution in [-0.4, -0.2) is 39.2 Å². The summed E-state index contributed by atoms with van der Waals surface area (Å²) < 4.78 is 41.7. The summed E-state index contributed by atoms with van der Waals surface area (Å²) in [5, 5.41) is 19.2. The van der Waals surface area contributed by atoms with Crippen molar-refractivity contribution in [2.75, 3.05) is 7.05 Å². The molecular formula is C19H17F3N2O3S. The van der Waals surface area contributed by atoms with Crippen LogP contribution in [0.3, 0.4) is 0 Å². The van der Waals surface area contributed by atoms with Crippen LogP contribution in [-0.2, 0) is 16.9 Å². The van der Waals surface area contributed by atoms with Crippen molar-refractivity contribution in [3.63, 3.8) is 0 Å². The minimum atomic E-state index is -5.07. The number of aromatic nitrogens is 1. The second kappa shape index (κ2) is 7.40. The summed E-state index contributed by atoms with van der Waals surface area (Å²) in [5.41, 5.74) is -2.42. The Balaban J connectivity index is 1.85. The van der Waals surface area contributed by atoms with Crippen molar-refractivity contribution in [2.24, 2.45) is 0 Å². The summed E-state index contributed by atoms with van der Waals surface area (Å²) in [6, 6.07) is 12.4. The van der Waals surface area contributed by atoms with E-state index in [2.05, 4.69) is 4.98 Å². The molecule has 5 nitrogen and oxygen atoms in total. The molecule has 9 heteroatoms. The van der Waals surface area contributed by atoms with Gasteiger partial charge in [-0.05, 0) is 29.8 Å². The molecule has 1 heterocycles. The Bertz CT molecular complexity index is 955. The third kappa shape index (κ3) is 3.95. The van der Waals surface area contributed by atoms with Gasteiger partial charge in [0, 0.05) is 13.6 Å². The fourth-order valence-corrected chi connectivity index (χ4v) is 3.74. The van der Waals surface area contributed by atoms with Gasteiger partial charge in [-0.1, -0.05) is 24.3 Å². The number of nitrogens with zero attached hydrogens (tertiary/aromatic N) is 2. The molecule has 0 fully saturated rings. The topological polar surface area (TPSA) is 73.7 Å². The van der Waals surface area contributed by atoms with Crippen molar-refractivity contribution in [3.8, 4) is 5.75 Å². The predicted molar refractivity (Wildman–Crippen MR) is 98.8 cm³/mol. The summed E-state index contributed by atoms with van der Waals surface area (Å²) >= 11 is 0.711. The number of benzene rings is 2. The van der Waals surface area contributed by atoms with E-state index in [1.165, 1.54) is 19.2 Å². The van der Waals surface area contributed by atoms with Gasteiger partial charge in [-0.25, -0.2) is 4.98 Å². The highest BCUT2D eigenvalue weighted by molar-refractivity contribution is 7.18. The Labute approximate surface area is 162 Å². The molecule has 0 saturated carbocycles. The van der Waals surface area contributed by atoms with Crippen molar-refractivity contribution in [3.05, 3.63) is 59.1 Å². The van der Waals surface area contributed by atoms with Crippen LogP contribution >= 0.6 is 11.3 Å². The average Bonchev–Trinajstić information content (AvgIpc) is 3.07. The molecule has 0 aliphatic carbocycles. The van der Waals surface area contributed by atoms with Gasteiger partial charge in [-0.2, -0.15) is 13.2 Å². The van der Waals surface area contributed by atoms with E-state index in [9.17, 15) is 28.2 Å². The van der Waals surface area contributed by atoms with Crippen molar-refractivity contribution in [2.45, 2.75) is 24.7 Å². The first-order chi connectivity index (χ1) is 13.1. The van der Waals surface area contributed by atoms with E-state index in [4.69, 9.17) is 0 Å². The molecule has 0 saturated heterocycles. The third-order valence-electron chi connectivity index (χ3n) is 4.31. The van der Waals surface area contributed by atoms with Crippen LogP contribution < -0.4 is 0 Å². The molecule has 0 aliphatic rings. The molecule has 1 unspecified atom stereocenters. The standard InChI is InChI=1S/C19H17F3N2O3S/c1-24(11-12-6-8-13(25)9-7-12)16(26)10-18(27,19(20,21)22)17-23-14-4-2-3-5-15(14)28-17/h2-9,25,27H,10-11H2,1H3. The zero-order chi connectivity index (χ0) is 20.5. The van der Waals surface area contributed by atoms with E-state index in [1.54, 1.807) is 36.4 Å². The number of halogens is 3. The Morgan fingerprint density at radius 2 is 1.79 bits per heavy atom. The van der Waals surface area contributed by atoms with Crippen LogP contribution in [0, 0.1) is 0 Å². The number of alkyl halides is 3. The lowest BCUT2D eigenvalue weighted by molar-refractivity contribution is -0.268. The first-order valence-corrected chi connectivity index (χ1v) is 9.09. The summed E-state index contributed by atoms with van der Waals surface area (Å²) in [6.45, 7) is 0.0346. The number of phenolic OH excluding ortho intramolecular Hbond substituents is 1. The number of para-hydroxylation sites is 1. The predicted octanol–water partition coefficient (Wildman–Crippen LogP) is 3.80. The second-order valence-corrected chi connectivity index (χ2v) is 7.47. The van der Waals surface area contributed by atoms with Crippen molar-refractivity contribution < 1.29 is 28.2 Å². The second-order valence-electron chi connectivity index (χ2n) is 6.44. The van der Waals surface area contributed by atoms with E-state index in [-0.39, 0.29) is 12.3 Å². The molecule has 1 aromatic heterocycles. The zero-order valence-corrected chi connectivity index (χ0v) is 15.6. The molecular weight excluding hydrogens is 393 g/mol. The van der Waals surface area contributed by atoms with Crippen LogP contribution in [0.15, 0.2) is 48.5 Å². The number of phenols is 1. The maximum atomic E-state index is 13.7. The van der Waals surface area contributed by atoms with Crippen molar-refractivity contribution in [1.29, 1.82) is 0 Å². The summed E-state index contributed by atoms with van der Waals surface area (Å²) in [7, 11) is 1.35. The molecule has 28 heavy (non-hydrogen) atoms. The SMILES string of the molecule is CN(Cc1ccc(O)cc1)C(=O)CC(O)(c1nc2ccccc2s1)C(F)(F)F. The molecule has 0 spiro atoms. The number of rotatable bonds is 5. The Hall–Kier alpha value is -2.65. The lowest BCUT2D eigenvalue weighted by Crippen LogP contribution is -2.46. The number of hydrogen-bond donors (Lipinski definition) is 2. The van der Waals surface area contributed by atoms with Crippen LogP contribution in [0.4, 0.5) is 13.2 Å². The normalized spacial score (nSPS) is 14.0. The van der Waals surface area contributed by atoms with E-state index >= 15 is 0 Å². The molecule has 2 aromatic carbocycles. The Kier molecular flexibility index (Phi) is 5.31. The molecule has 1 atom stereocenters. The Morgan fingerprint density at radius 1 is 1.14 bits per heavy atom. The van der Waals surface area contributed by atoms with Gasteiger partial charge in [0.1, 0.15) is 10.8 Å². The number of aromatic hydroxyl groups is 1. The summed E-state index contributed by atoms with van der Waals surface area (Å²) in [6.07, 6.45) is -6.25. The van der Waals surface area contributed by atoms with Gasteiger partial charge in [0.2, 0.25) is 11.5 Å². The van der Waals surface area contributed by atoms with Gasteiger partial charge < -0.3 is 15.1 Å². The third-order valence-corrected chi connectivity index (χ3v) is 5.49. The average molecular weight is 410 g/mol. The number of amides is 1. The molecule has 0 aliphatic heterocycles. The van der Waals surface area contributed by atoms with Gasteiger partial charge in [0.15, 0.2) is 0 Å². The quantitative estimate of drug-likeness (QED) is 0.671. The van der Waals surface area contributed by atoms with Gasteiger partial charge in [-0.3, -0.25) is 4.79 Å². The number of carbonyl (C=O) groups is 1. The van der Waals surface area contributed by atoms with Crippen LogP contribution in [0.2, 0.25) is 0 Å². The fraction of sp³-hybridized carbons (Fsp3) is 0.263. The van der Waals surface area contributed by atoms with Gasteiger partial charge in [0.05, 0.1) is 16.6 Å². The molecule has 148 valence electrons. The molecule has 3 rings (SSSR count). The monoisotopic (exact) mass is 410 g/mol. The minimum absolute atomic E-state index is 0.0346. The molecule has 3 aromatic rings. The minimum Gasteiger partial charge on any atom is -0.508 e. The molecule has 2 N–H and O–H groups in total. The van der Waals surface area contributed by atoms with Crippen LogP contribution in [0.25, 0.3) is 10.2 Å². The largest absolute Gasteiger partial charge is 0.508 e. The smallest absolute Gasteiger partial charge is 0.424 e. The van der Waals surface area contributed by atoms with E-state index < -0.39 is 29.1 Å². The summed E-state index contributed by atoms with van der Waals surface area (Å²) in [4.78, 5) is 17.5. The highest BCUT2D eigenvalue weighted by Gasteiger charge is 2.58. The number of hydrogen-bond acceptors (Lipinski definition) is 5. The number of thiazole rings is 1. The van der Waals surface area contributed by atoms with E-state index in [0.717, 1.165) is 4.90 Å². The van der Waals surface area contributed by atoms with Crippen molar-refractivity contribution in [1.82, 2.24) is 9.88 Å². The zero-order valence-electron chi connectivity index (χ0n) is 14.8. The van der Waals surface area contributed by atoms with Gasteiger partial charge >= 0.3 is 6.18 Å².